The van der Waals surface area contributed by atoms with Crippen molar-refractivity contribution in [2.24, 2.45) is 0 Å². The molecular weight excluding hydrogens is 1430 g/mol. The standard InChI is InChI=1S/C91H174O17P2/c1-5-9-13-17-21-25-29-32-35-37-39-41-43-45-47-50-52-56-60-64-68-72-76-89(94)102-82-87(108-91(96)78-74-70-66-62-58-54-51-48-46-44-42-40-38-36-33-30-26-22-18-14-10-6-2)84-106-110(99,100)104-80-85(92)79-103-109(97,98)105-83-86(81-101-88(93)75-71-67-63-59-55-28-24-20-16-12-8-4)107-90(95)77-73-69-65-61-57-53-49-34-31-27-23-19-15-11-7-3/h27,31,34,49,85-87,92H,5-26,28-30,32-33,35-48,50-84H2,1-4H3,(H,97,98)(H,99,100)/b31-27-,49-34-/t85-,86+,87+/m0/s1. The summed E-state index contributed by atoms with van der Waals surface area (Å²) < 4.78 is 69.0. The number of rotatable bonds is 90. The van der Waals surface area contributed by atoms with E-state index >= 15 is 0 Å². The molecular formula is C91H174O17P2. The van der Waals surface area contributed by atoms with E-state index in [-0.39, 0.29) is 25.7 Å². The van der Waals surface area contributed by atoms with Crippen LogP contribution < -0.4 is 0 Å². The molecule has 650 valence electrons. The van der Waals surface area contributed by atoms with Crippen molar-refractivity contribution < 1.29 is 80.2 Å². The molecule has 110 heavy (non-hydrogen) atoms. The average Bonchev–Trinajstić information content (AvgIpc) is 0.906. The lowest BCUT2D eigenvalue weighted by Crippen LogP contribution is -2.30. The van der Waals surface area contributed by atoms with Crippen LogP contribution in [0.1, 0.15) is 477 Å². The van der Waals surface area contributed by atoms with E-state index in [1.807, 2.05) is 0 Å². The highest BCUT2D eigenvalue weighted by atomic mass is 31.2. The van der Waals surface area contributed by atoms with Crippen molar-refractivity contribution >= 4 is 39.5 Å². The number of phosphoric ester groups is 2. The molecule has 0 radical (unpaired) electrons. The summed E-state index contributed by atoms with van der Waals surface area (Å²) in [7, 11) is -9.94. The van der Waals surface area contributed by atoms with Gasteiger partial charge in [0.25, 0.3) is 0 Å². The van der Waals surface area contributed by atoms with Gasteiger partial charge in [-0.05, 0) is 51.4 Å². The van der Waals surface area contributed by atoms with E-state index in [0.717, 1.165) is 103 Å². The van der Waals surface area contributed by atoms with Gasteiger partial charge in [-0.15, -0.1) is 0 Å². The van der Waals surface area contributed by atoms with Crippen molar-refractivity contribution in [3.8, 4) is 0 Å². The Hall–Kier alpha value is -2.46. The van der Waals surface area contributed by atoms with Crippen LogP contribution in [0, 0.1) is 0 Å². The molecule has 2 unspecified atom stereocenters. The molecule has 0 aromatic carbocycles. The van der Waals surface area contributed by atoms with Gasteiger partial charge in [-0.1, -0.05) is 424 Å². The number of allylic oxidation sites excluding steroid dienone is 4. The Balaban J connectivity index is 5.23. The summed E-state index contributed by atoms with van der Waals surface area (Å²) in [5.74, 6) is -2.12. The van der Waals surface area contributed by atoms with E-state index in [1.165, 1.54) is 295 Å². The summed E-state index contributed by atoms with van der Waals surface area (Å²) in [6.07, 6.45) is 84.4. The second-order valence-electron chi connectivity index (χ2n) is 32.0. The third-order valence-electron chi connectivity index (χ3n) is 21.0. The molecule has 0 aliphatic heterocycles. The van der Waals surface area contributed by atoms with Gasteiger partial charge < -0.3 is 33.8 Å². The lowest BCUT2D eigenvalue weighted by molar-refractivity contribution is -0.161. The molecule has 0 fully saturated rings. The normalized spacial score (nSPS) is 13.8. The Labute approximate surface area is 675 Å². The molecule has 0 saturated carbocycles. The number of carbonyl (C=O) groups is 4. The average molecular weight is 1600 g/mol. The molecule has 3 N–H and O–H groups in total. The molecule has 0 amide bonds. The molecule has 17 nitrogen and oxygen atoms in total. The number of aliphatic hydroxyl groups excluding tert-OH is 1. The first kappa shape index (κ1) is 108. The minimum absolute atomic E-state index is 0.0861. The van der Waals surface area contributed by atoms with Crippen molar-refractivity contribution in [3.63, 3.8) is 0 Å². The number of unbranched alkanes of at least 4 members (excludes halogenated alkanes) is 61. The molecule has 0 aromatic heterocycles. The monoisotopic (exact) mass is 1600 g/mol. The summed E-state index contributed by atoms with van der Waals surface area (Å²) in [5, 5.41) is 10.7. The molecule has 0 spiro atoms. The largest absolute Gasteiger partial charge is 0.472 e. The predicted octanol–water partition coefficient (Wildman–Crippen LogP) is 28.0. The zero-order chi connectivity index (χ0) is 80.3. The van der Waals surface area contributed by atoms with Gasteiger partial charge in [0.1, 0.15) is 19.3 Å². The summed E-state index contributed by atoms with van der Waals surface area (Å²) >= 11 is 0. The Bertz CT molecular complexity index is 2160. The fraction of sp³-hybridized carbons (Fsp3) is 0.912. The van der Waals surface area contributed by atoms with Gasteiger partial charge >= 0.3 is 39.5 Å². The van der Waals surface area contributed by atoms with E-state index in [1.54, 1.807) is 0 Å². The number of esters is 4. The number of hydrogen-bond acceptors (Lipinski definition) is 15. The van der Waals surface area contributed by atoms with Crippen LogP contribution in [0.15, 0.2) is 24.3 Å². The Morgan fingerprint density at radius 2 is 0.436 bits per heavy atom. The van der Waals surface area contributed by atoms with E-state index in [0.29, 0.717) is 25.7 Å². The molecule has 0 heterocycles. The summed E-state index contributed by atoms with van der Waals surface area (Å²) in [6.45, 7) is 5.00. The number of carbonyl (C=O) groups excluding carboxylic acids is 4. The van der Waals surface area contributed by atoms with E-state index in [4.69, 9.17) is 37.0 Å². The van der Waals surface area contributed by atoms with Crippen LogP contribution in [0.25, 0.3) is 0 Å². The molecule has 5 atom stereocenters. The van der Waals surface area contributed by atoms with Crippen molar-refractivity contribution in [1.82, 2.24) is 0 Å². The van der Waals surface area contributed by atoms with Crippen molar-refractivity contribution in [2.45, 2.75) is 495 Å². The zero-order valence-corrected chi connectivity index (χ0v) is 73.5. The lowest BCUT2D eigenvalue weighted by Gasteiger charge is -2.21. The van der Waals surface area contributed by atoms with Gasteiger partial charge in [0.2, 0.25) is 0 Å². The quantitative estimate of drug-likeness (QED) is 0.0169. The van der Waals surface area contributed by atoms with Gasteiger partial charge in [0.15, 0.2) is 12.2 Å². The van der Waals surface area contributed by atoms with Crippen LogP contribution in [0.4, 0.5) is 0 Å². The molecule has 0 aliphatic carbocycles. The number of ether oxygens (including phenoxy) is 4. The molecule has 0 aliphatic rings. The van der Waals surface area contributed by atoms with Gasteiger partial charge in [-0.25, -0.2) is 9.13 Å². The first-order chi connectivity index (χ1) is 53.7. The fourth-order valence-electron chi connectivity index (χ4n) is 13.9. The Kier molecular flexibility index (Phi) is 82.6. The first-order valence-corrected chi connectivity index (χ1v) is 49.6. The van der Waals surface area contributed by atoms with Crippen LogP contribution in [-0.4, -0.2) is 96.7 Å². The van der Waals surface area contributed by atoms with Crippen molar-refractivity contribution in [3.05, 3.63) is 24.3 Å². The second kappa shape index (κ2) is 84.5. The first-order valence-electron chi connectivity index (χ1n) is 46.6. The maximum absolute atomic E-state index is 13.2. The van der Waals surface area contributed by atoms with Gasteiger partial charge in [0, 0.05) is 25.7 Å². The third kappa shape index (κ3) is 83.5. The van der Waals surface area contributed by atoms with Gasteiger partial charge in [-0.2, -0.15) is 0 Å². The minimum atomic E-state index is -4.97. The third-order valence-corrected chi connectivity index (χ3v) is 22.9. The van der Waals surface area contributed by atoms with Crippen LogP contribution in [-0.2, 0) is 65.4 Å². The zero-order valence-electron chi connectivity index (χ0n) is 71.7. The number of aliphatic hydroxyl groups is 1. The van der Waals surface area contributed by atoms with E-state index < -0.39 is 97.5 Å². The highest BCUT2D eigenvalue weighted by Crippen LogP contribution is 2.45. The summed E-state index contributed by atoms with van der Waals surface area (Å²) in [4.78, 5) is 73.3. The second-order valence-corrected chi connectivity index (χ2v) is 34.9. The molecule has 0 bridgehead atoms. The lowest BCUT2D eigenvalue weighted by atomic mass is 10.0. The number of phosphoric acid groups is 2. The fourth-order valence-corrected chi connectivity index (χ4v) is 15.4. The molecule has 0 aromatic rings. The van der Waals surface area contributed by atoms with Gasteiger partial charge in [0.05, 0.1) is 26.4 Å². The van der Waals surface area contributed by atoms with Crippen LogP contribution >= 0.6 is 15.6 Å². The molecule has 19 heteroatoms. The predicted molar refractivity (Wildman–Crippen MR) is 455 cm³/mol. The van der Waals surface area contributed by atoms with Gasteiger partial charge in [-0.3, -0.25) is 37.3 Å². The van der Waals surface area contributed by atoms with Crippen LogP contribution in [0.3, 0.4) is 0 Å². The maximum Gasteiger partial charge on any atom is 0.472 e. The highest BCUT2D eigenvalue weighted by molar-refractivity contribution is 7.47. The number of hydrogen-bond donors (Lipinski definition) is 3. The SMILES string of the molecule is CCCCCC/C=C\C=C/CCCCCCCC(=O)O[C@H](COC(=O)CCCCCCCCCCCCC)COP(=O)(O)OC[C@H](O)COP(=O)(O)OC[C@@H](COC(=O)CCCCCCCCCCCCCCCCCCCCCCCC)OC(=O)CCCCCCCCCCCCCCCCCCCCCCCC. The smallest absolute Gasteiger partial charge is 0.462 e. The Morgan fingerprint density at radius 1 is 0.255 bits per heavy atom. The van der Waals surface area contributed by atoms with E-state index in [9.17, 15) is 43.2 Å². The highest BCUT2D eigenvalue weighted by Gasteiger charge is 2.30. The van der Waals surface area contributed by atoms with E-state index in [2.05, 4.69) is 52.0 Å². The van der Waals surface area contributed by atoms with Crippen molar-refractivity contribution in [2.75, 3.05) is 39.6 Å². The Morgan fingerprint density at radius 3 is 0.664 bits per heavy atom. The topological polar surface area (TPSA) is 237 Å². The summed E-state index contributed by atoms with van der Waals surface area (Å²) in [6, 6.07) is 0. The summed E-state index contributed by atoms with van der Waals surface area (Å²) in [5.41, 5.74) is 0. The van der Waals surface area contributed by atoms with Crippen molar-refractivity contribution in [1.29, 1.82) is 0 Å². The van der Waals surface area contributed by atoms with Crippen LogP contribution in [0.5, 0.6) is 0 Å². The molecule has 0 rings (SSSR count). The minimum Gasteiger partial charge on any atom is -0.462 e. The molecule has 0 saturated heterocycles. The van der Waals surface area contributed by atoms with Crippen LogP contribution in [0.2, 0.25) is 0 Å². The maximum atomic E-state index is 13.2.